The number of rotatable bonds is 3. The van der Waals surface area contributed by atoms with Gasteiger partial charge in [0.25, 0.3) is 0 Å². The van der Waals surface area contributed by atoms with Gasteiger partial charge < -0.3 is 10.0 Å². The van der Waals surface area contributed by atoms with Crippen LogP contribution >= 0.6 is 0 Å². The van der Waals surface area contributed by atoms with E-state index in [0.29, 0.717) is 6.42 Å². The third-order valence-electron chi connectivity index (χ3n) is 5.33. The highest BCUT2D eigenvalue weighted by Gasteiger charge is 2.23. The van der Waals surface area contributed by atoms with Crippen LogP contribution in [0.4, 0.5) is 5.69 Å². The quantitative estimate of drug-likeness (QED) is 0.690. The van der Waals surface area contributed by atoms with E-state index in [1.165, 1.54) is 0 Å². The number of hydrogen-bond donors (Lipinski definition) is 1. The Hall–Kier alpha value is -3.14. The molecule has 2 heterocycles. The van der Waals surface area contributed by atoms with E-state index in [1.807, 2.05) is 62.1 Å². The fourth-order valence-electron chi connectivity index (χ4n) is 3.96. The van der Waals surface area contributed by atoms with E-state index in [4.69, 9.17) is 0 Å². The van der Waals surface area contributed by atoms with Crippen LogP contribution < -0.4 is 4.90 Å². The van der Waals surface area contributed by atoms with Crippen LogP contribution in [0.25, 0.3) is 22.3 Å². The molecular formula is C24H24N2O2. The molecule has 28 heavy (non-hydrogen) atoms. The van der Waals surface area contributed by atoms with Crippen LogP contribution in [-0.4, -0.2) is 22.5 Å². The molecule has 0 aliphatic carbocycles. The molecule has 1 aromatic heterocycles. The van der Waals surface area contributed by atoms with Gasteiger partial charge in [-0.2, -0.15) is 0 Å². The molecule has 1 amide bonds. The number of anilines is 1. The predicted octanol–water partition coefficient (Wildman–Crippen LogP) is 5.17. The Balaban J connectivity index is 1.79. The molecule has 4 heteroatoms. The molecule has 0 atom stereocenters. The van der Waals surface area contributed by atoms with E-state index in [2.05, 4.69) is 11.1 Å². The molecule has 0 spiro atoms. The summed E-state index contributed by atoms with van der Waals surface area (Å²) in [6.07, 6.45) is 3.29. The zero-order valence-corrected chi connectivity index (χ0v) is 16.5. The average Bonchev–Trinajstić information content (AvgIpc) is 3.09. The number of carbonyl (C=O) groups excluding carboxylic acids is 1. The van der Waals surface area contributed by atoms with Crippen LogP contribution in [0.3, 0.4) is 0 Å². The van der Waals surface area contributed by atoms with Gasteiger partial charge in [-0.15, -0.1) is 0 Å². The number of nitrogens with zero attached hydrogens (tertiary/aromatic N) is 2. The number of aromatic hydroxyl groups is 1. The summed E-state index contributed by atoms with van der Waals surface area (Å²) < 4.78 is 0. The Morgan fingerprint density at radius 2 is 1.68 bits per heavy atom. The molecule has 0 unspecified atom stereocenters. The van der Waals surface area contributed by atoms with Crippen molar-refractivity contribution in [2.45, 2.75) is 33.6 Å². The minimum atomic E-state index is 0.185. The standard InChI is InChI=1S/C24H24N2O2/c1-15-11-20(24(28)21(12-15)19-8-9-25-17(3)14-19)18-6-7-22(16(2)13-18)26-10-4-5-23(26)27/h6-9,11-14,28H,4-5,10H2,1-3H3. The SMILES string of the molecule is Cc1cc(-c2ccnc(C)c2)c(O)c(-c2ccc(N3CCCC3=O)c(C)c2)c1. The summed E-state index contributed by atoms with van der Waals surface area (Å²) in [6, 6.07) is 13.9. The van der Waals surface area contributed by atoms with Crippen molar-refractivity contribution in [2.24, 2.45) is 0 Å². The molecule has 1 aliphatic heterocycles. The van der Waals surface area contributed by atoms with Crippen LogP contribution in [0.15, 0.2) is 48.7 Å². The molecule has 4 nitrogen and oxygen atoms in total. The summed E-state index contributed by atoms with van der Waals surface area (Å²) in [5.74, 6) is 0.449. The topological polar surface area (TPSA) is 53.4 Å². The first-order valence-corrected chi connectivity index (χ1v) is 9.62. The number of phenolic OH excluding ortho intramolecular Hbond substituents is 1. The largest absolute Gasteiger partial charge is 0.507 e. The molecule has 0 saturated carbocycles. The Morgan fingerprint density at radius 3 is 2.29 bits per heavy atom. The molecule has 1 aliphatic rings. The van der Waals surface area contributed by atoms with Crippen LogP contribution in [0.1, 0.15) is 29.7 Å². The molecule has 0 radical (unpaired) electrons. The van der Waals surface area contributed by atoms with Gasteiger partial charge in [-0.1, -0.05) is 6.07 Å². The van der Waals surface area contributed by atoms with Gasteiger partial charge >= 0.3 is 0 Å². The van der Waals surface area contributed by atoms with Crippen LogP contribution in [-0.2, 0) is 4.79 Å². The van der Waals surface area contributed by atoms with Crippen LogP contribution in [0.2, 0.25) is 0 Å². The van der Waals surface area contributed by atoms with Gasteiger partial charge in [0.2, 0.25) is 5.91 Å². The highest BCUT2D eigenvalue weighted by atomic mass is 16.3. The number of pyridine rings is 1. The van der Waals surface area contributed by atoms with Crippen molar-refractivity contribution in [2.75, 3.05) is 11.4 Å². The van der Waals surface area contributed by atoms with Crippen molar-refractivity contribution >= 4 is 11.6 Å². The van der Waals surface area contributed by atoms with Crippen LogP contribution in [0, 0.1) is 20.8 Å². The minimum Gasteiger partial charge on any atom is -0.507 e. The molecule has 4 rings (SSSR count). The maximum atomic E-state index is 12.1. The number of aromatic nitrogens is 1. The molecule has 3 aromatic rings. The Kier molecular flexibility index (Phi) is 4.63. The van der Waals surface area contributed by atoms with E-state index < -0.39 is 0 Å². The molecule has 1 N–H and O–H groups in total. The monoisotopic (exact) mass is 372 g/mol. The van der Waals surface area contributed by atoms with E-state index in [-0.39, 0.29) is 11.7 Å². The van der Waals surface area contributed by atoms with E-state index in [0.717, 1.165) is 57.7 Å². The number of carbonyl (C=O) groups is 1. The summed E-state index contributed by atoms with van der Waals surface area (Å²) in [6.45, 7) is 6.77. The maximum absolute atomic E-state index is 12.1. The van der Waals surface area contributed by atoms with Crippen molar-refractivity contribution in [1.82, 2.24) is 4.98 Å². The number of hydrogen-bond acceptors (Lipinski definition) is 3. The second-order valence-corrected chi connectivity index (χ2v) is 7.54. The number of benzene rings is 2. The third kappa shape index (κ3) is 3.26. The second kappa shape index (κ2) is 7.12. The summed E-state index contributed by atoms with van der Waals surface area (Å²) in [5.41, 5.74) is 7.48. The first kappa shape index (κ1) is 18.2. The Labute approximate surface area is 165 Å². The number of phenols is 1. The van der Waals surface area contributed by atoms with Crippen molar-refractivity contribution in [3.8, 4) is 28.0 Å². The van der Waals surface area contributed by atoms with Gasteiger partial charge in [0, 0.05) is 41.7 Å². The van der Waals surface area contributed by atoms with Crippen molar-refractivity contribution < 1.29 is 9.90 Å². The molecule has 0 bridgehead atoms. The average molecular weight is 372 g/mol. The fourth-order valence-corrected chi connectivity index (χ4v) is 3.96. The van der Waals surface area contributed by atoms with Crippen molar-refractivity contribution in [1.29, 1.82) is 0 Å². The van der Waals surface area contributed by atoms with E-state index in [1.54, 1.807) is 6.20 Å². The molecule has 2 aromatic carbocycles. The fraction of sp³-hybridized carbons (Fsp3) is 0.250. The first-order chi connectivity index (χ1) is 13.4. The first-order valence-electron chi connectivity index (χ1n) is 9.62. The zero-order chi connectivity index (χ0) is 19.8. The number of amides is 1. The molecule has 1 fully saturated rings. The lowest BCUT2D eigenvalue weighted by Crippen LogP contribution is -2.24. The van der Waals surface area contributed by atoms with Gasteiger partial charge in [-0.05, 0) is 85.8 Å². The van der Waals surface area contributed by atoms with Gasteiger partial charge in [0.15, 0.2) is 0 Å². The highest BCUT2D eigenvalue weighted by molar-refractivity contribution is 5.96. The van der Waals surface area contributed by atoms with Gasteiger partial charge in [0.1, 0.15) is 5.75 Å². The van der Waals surface area contributed by atoms with Crippen molar-refractivity contribution in [3.05, 3.63) is 65.5 Å². The zero-order valence-electron chi connectivity index (χ0n) is 16.5. The summed E-state index contributed by atoms with van der Waals surface area (Å²) in [4.78, 5) is 18.2. The Bertz CT molecular complexity index is 1070. The normalized spacial score (nSPS) is 14.0. The summed E-state index contributed by atoms with van der Waals surface area (Å²) >= 11 is 0. The minimum absolute atomic E-state index is 0.185. The van der Waals surface area contributed by atoms with Gasteiger partial charge in [0.05, 0.1) is 0 Å². The van der Waals surface area contributed by atoms with Gasteiger partial charge in [-0.25, -0.2) is 0 Å². The lowest BCUT2D eigenvalue weighted by atomic mass is 9.94. The molecular weight excluding hydrogens is 348 g/mol. The summed E-state index contributed by atoms with van der Waals surface area (Å²) in [7, 11) is 0. The Morgan fingerprint density at radius 1 is 0.964 bits per heavy atom. The molecule has 142 valence electrons. The predicted molar refractivity (Wildman–Crippen MR) is 113 cm³/mol. The van der Waals surface area contributed by atoms with Crippen molar-refractivity contribution in [3.63, 3.8) is 0 Å². The smallest absolute Gasteiger partial charge is 0.227 e. The summed E-state index contributed by atoms with van der Waals surface area (Å²) in [5, 5.41) is 11.0. The molecule has 1 saturated heterocycles. The third-order valence-corrected chi connectivity index (χ3v) is 5.33. The van der Waals surface area contributed by atoms with Gasteiger partial charge in [-0.3, -0.25) is 9.78 Å². The lowest BCUT2D eigenvalue weighted by Gasteiger charge is -2.20. The second-order valence-electron chi connectivity index (χ2n) is 7.54. The maximum Gasteiger partial charge on any atom is 0.227 e. The van der Waals surface area contributed by atoms with E-state index >= 15 is 0 Å². The van der Waals surface area contributed by atoms with Crippen LogP contribution in [0.5, 0.6) is 5.75 Å². The lowest BCUT2D eigenvalue weighted by molar-refractivity contribution is -0.117. The van der Waals surface area contributed by atoms with E-state index in [9.17, 15) is 9.90 Å². The highest BCUT2D eigenvalue weighted by Crippen LogP contribution is 2.40. The number of aryl methyl sites for hydroxylation is 3.